The zero-order valence-electron chi connectivity index (χ0n) is 16.5. The second-order valence-corrected chi connectivity index (χ2v) is 7.88. The lowest BCUT2D eigenvalue weighted by Gasteiger charge is -2.35. The van der Waals surface area contributed by atoms with Gasteiger partial charge in [0.2, 0.25) is 5.91 Å². The molecule has 0 aliphatic carbocycles. The van der Waals surface area contributed by atoms with E-state index in [9.17, 15) is 4.79 Å². The summed E-state index contributed by atoms with van der Waals surface area (Å²) in [5, 5.41) is 12.9. The van der Waals surface area contributed by atoms with Crippen molar-refractivity contribution in [1.29, 1.82) is 0 Å². The van der Waals surface area contributed by atoms with Gasteiger partial charge in [-0.25, -0.2) is 4.68 Å². The van der Waals surface area contributed by atoms with Crippen molar-refractivity contribution in [2.75, 3.05) is 22.9 Å². The number of hydrogen-bond donors (Lipinski definition) is 0. The smallest absolute Gasteiger partial charge is 0.232 e. The highest BCUT2D eigenvalue weighted by Crippen LogP contribution is 2.34. The van der Waals surface area contributed by atoms with Gasteiger partial charge in [-0.3, -0.25) is 4.79 Å². The molecule has 2 atom stereocenters. The Morgan fingerprint density at radius 1 is 1.07 bits per heavy atom. The molecule has 0 radical (unpaired) electrons. The predicted molar refractivity (Wildman–Crippen MR) is 111 cm³/mol. The van der Waals surface area contributed by atoms with Crippen molar-refractivity contribution in [3.8, 4) is 5.82 Å². The van der Waals surface area contributed by atoms with Gasteiger partial charge in [0.1, 0.15) is 0 Å². The fourth-order valence-corrected chi connectivity index (χ4v) is 4.50. The Bertz CT molecular complexity index is 1000. The van der Waals surface area contributed by atoms with E-state index >= 15 is 0 Å². The third-order valence-corrected chi connectivity index (χ3v) is 5.91. The SMILES string of the molecule is C[C@@H]1Cc2ccccc2N1C(=O)[C@@H]1CCCN(c2ccc(-n3cccn3)nn2)C1. The average Bonchev–Trinajstić information content (AvgIpc) is 3.41. The van der Waals surface area contributed by atoms with E-state index < -0.39 is 0 Å². The highest BCUT2D eigenvalue weighted by molar-refractivity contribution is 5.98. The third-order valence-electron chi connectivity index (χ3n) is 5.91. The lowest BCUT2D eigenvalue weighted by molar-refractivity contribution is -0.122. The Hall–Kier alpha value is -3.22. The summed E-state index contributed by atoms with van der Waals surface area (Å²) >= 11 is 0. The lowest BCUT2D eigenvalue weighted by Crippen LogP contribution is -2.47. The molecule has 148 valence electrons. The molecule has 5 rings (SSSR count). The van der Waals surface area contributed by atoms with Crippen LogP contribution in [0.25, 0.3) is 5.82 Å². The van der Waals surface area contributed by atoms with E-state index in [0.29, 0.717) is 12.4 Å². The molecule has 0 N–H and O–H groups in total. The second kappa shape index (κ2) is 7.31. The van der Waals surface area contributed by atoms with Crippen LogP contribution in [0.2, 0.25) is 0 Å². The minimum Gasteiger partial charge on any atom is -0.354 e. The number of rotatable bonds is 3. The number of aromatic nitrogens is 4. The third kappa shape index (κ3) is 3.26. The summed E-state index contributed by atoms with van der Waals surface area (Å²) in [4.78, 5) is 17.6. The van der Waals surface area contributed by atoms with Crippen molar-refractivity contribution in [2.45, 2.75) is 32.2 Å². The van der Waals surface area contributed by atoms with Crippen LogP contribution < -0.4 is 9.80 Å². The van der Waals surface area contributed by atoms with Gasteiger partial charge in [-0.2, -0.15) is 5.10 Å². The summed E-state index contributed by atoms with van der Waals surface area (Å²) in [7, 11) is 0. The molecule has 0 saturated carbocycles. The number of benzene rings is 1. The van der Waals surface area contributed by atoms with Gasteiger partial charge < -0.3 is 9.80 Å². The lowest BCUT2D eigenvalue weighted by atomic mass is 9.96. The van der Waals surface area contributed by atoms with Crippen LogP contribution in [0, 0.1) is 5.92 Å². The first-order valence-electron chi connectivity index (χ1n) is 10.2. The number of piperidine rings is 1. The van der Waals surface area contributed by atoms with E-state index in [1.54, 1.807) is 10.9 Å². The summed E-state index contributed by atoms with van der Waals surface area (Å²) in [6, 6.07) is 14.2. The van der Waals surface area contributed by atoms with Gasteiger partial charge in [0.05, 0.1) is 5.92 Å². The quantitative estimate of drug-likeness (QED) is 0.690. The minimum absolute atomic E-state index is 0.0232. The summed E-state index contributed by atoms with van der Waals surface area (Å²) in [6.45, 7) is 3.71. The Labute approximate surface area is 170 Å². The van der Waals surface area contributed by atoms with Crippen LogP contribution >= 0.6 is 0 Å². The van der Waals surface area contributed by atoms with Crippen molar-refractivity contribution >= 4 is 17.4 Å². The Kier molecular flexibility index (Phi) is 4.50. The van der Waals surface area contributed by atoms with E-state index in [-0.39, 0.29) is 17.9 Å². The van der Waals surface area contributed by atoms with Crippen molar-refractivity contribution in [3.63, 3.8) is 0 Å². The molecule has 2 aromatic heterocycles. The molecule has 1 aromatic carbocycles. The van der Waals surface area contributed by atoms with E-state index in [4.69, 9.17) is 0 Å². The van der Waals surface area contributed by atoms with E-state index in [2.05, 4.69) is 39.3 Å². The Morgan fingerprint density at radius 2 is 1.90 bits per heavy atom. The molecule has 1 fully saturated rings. The number of hydrogen-bond acceptors (Lipinski definition) is 5. The van der Waals surface area contributed by atoms with Crippen molar-refractivity contribution in [1.82, 2.24) is 20.0 Å². The standard InChI is InChI=1S/C22H24N6O/c1-16-14-17-6-2-3-8-19(17)28(16)22(29)18-7-4-12-26(15-18)20-9-10-21(25-24-20)27-13-5-11-23-27/h2-3,5-6,8-11,13,16,18H,4,7,12,14-15H2,1H3/t16-,18-/m1/s1. The maximum Gasteiger partial charge on any atom is 0.232 e. The van der Waals surface area contributed by atoms with E-state index in [0.717, 1.165) is 37.3 Å². The summed E-state index contributed by atoms with van der Waals surface area (Å²) in [5.41, 5.74) is 2.34. The molecule has 2 aliphatic rings. The topological polar surface area (TPSA) is 67.2 Å². The highest BCUT2D eigenvalue weighted by atomic mass is 16.2. The highest BCUT2D eigenvalue weighted by Gasteiger charge is 2.36. The van der Waals surface area contributed by atoms with Crippen LogP contribution in [0.15, 0.2) is 54.9 Å². The summed E-state index contributed by atoms with van der Waals surface area (Å²) < 4.78 is 1.69. The second-order valence-electron chi connectivity index (χ2n) is 7.88. The Balaban J connectivity index is 1.32. The Morgan fingerprint density at radius 3 is 2.69 bits per heavy atom. The largest absolute Gasteiger partial charge is 0.354 e. The fraction of sp³-hybridized carbons (Fsp3) is 0.364. The molecule has 7 heteroatoms. The number of amides is 1. The van der Waals surface area contributed by atoms with Gasteiger partial charge in [-0.1, -0.05) is 18.2 Å². The van der Waals surface area contributed by atoms with Gasteiger partial charge >= 0.3 is 0 Å². The van der Waals surface area contributed by atoms with Crippen molar-refractivity contribution < 1.29 is 4.79 Å². The van der Waals surface area contributed by atoms with Gasteiger partial charge in [0, 0.05) is 37.2 Å². The number of carbonyl (C=O) groups excluding carboxylic acids is 1. The molecule has 4 heterocycles. The normalized spacial score (nSPS) is 21.3. The molecule has 2 aliphatic heterocycles. The molecule has 1 saturated heterocycles. The number of nitrogens with zero attached hydrogens (tertiary/aromatic N) is 6. The summed E-state index contributed by atoms with van der Waals surface area (Å²) in [5.74, 6) is 1.71. The molecule has 0 spiro atoms. The van der Waals surface area contributed by atoms with E-state index in [1.807, 2.05) is 41.4 Å². The number of fused-ring (bicyclic) bond motifs is 1. The van der Waals surface area contributed by atoms with E-state index in [1.165, 1.54) is 5.56 Å². The molecule has 3 aromatic rings. The van der Waals surface area contributed by atoms with Crippen LogP contribution in [0.5, 0.6) is 0 Å². The summed E-state index contributed by atoms with van der Waals surface area (Å²) in [6.07, 6.45) is 6.38. The molecule has 0 unspecified atom stereocenters. The first-order chi connectivity index (χ1) is 14.2. The minimum atomic E-state index is -0.0232. The number of carbonyl (C=O) groups is 1. The molecule has 1 amide bonds. The molecular formula is C22H24N6O. The maximum atomic E-state index is 13.4. The van der Waals surface area contributed by atoms with Crippen LogP contribution in [-0.2, 0) is 11.2 Å². The number of anilines is 2. The van der Waals surface area contributed by atoms with Gasteiger partial charge in [0.15, 0.2) is 11.6 Å². The molecule has 7 nitrogen and oxygen atoms in total. The zero-order chi connectivity index (χ0) is 19.8. The average molecular weight is 388 g/mol. The molecule has 29 heavy (non-hydrogen) atoms. The van der Waals surface area contributed by atoms with Crippen LogP contribution in [0.4, 0.5) is 11.5 Å². The predicted octanol–water partition coefficient (Wildman–Crippen LogP) is 2.86. The zero-order valence-corrected chi connectivity index (χ0v) is 16.5. The number of para-hydroxylation sites is 1. The van der Waals surface area contributed by atoms with Crippen LogP contribution in [-0.4, -0.2) is 45.0 Å². The van der Waals surface area contributed by atoms with Gasteiger partial charge in [-0.05, 0) is 56.0 Å². The van der Waals surface area contributed by atoms with Gasteiger partial charge in [0.25, 0.3) is 0 Å². The molecular weight excluding hydrogens is 364 g/mol. The van der Waals surface area contributed by atoms with Crippen molar-refractivity contribution in [2.24, 2.45) is 5.92 Å². The first-order valence-corrected chi connectivity index (χ1v) is 10.2. The van der Waals surface area contributed by atoms with Crippen molar-refractivity contribution in [3.05, 3.63) is 60.4 Å². The fourth-order valence-electron chi connectivity index (χ4n) is 4.50. The monoisotopic (exact) mass is 388 g/mol. The van der Waals surface area contributed by atoms with Crippen LogP contribution in [0.1, 0.15) is 25.3 Å². The first kappa shape index (κ1) is 17.8. The maximum absolute atomic E-state index is 13.4. The molecule has 0 bridgehead atoms. The van der Waals surface area contributed by atoms with Gasteiger partial charge in [-0.15, -0.1) is 10.2 Å². The van der Waals surface area contributed by atoms with Crippen LogP contribution in [0.3, 0.4) is 0 Å².